The summed E-state index contributed by atoms with van der Waals surface area (Å²) in [5, 5.41) is 12.3. The normalized spacial score (nSPS) is 23.8. The highest BCUT2D eigenvalue weighted by Crippen LogP contribution is 2.14. The van der Waals surface area contributed by atoms with Crippen LogP contribution in [-0.2, 0) is 4.74 Å². The van der Waals surface area contributed by atoms with Crippen LogP contribution in [0.4, 0.5) is 0 Å². The zero-order chi connectivity index (χ0) is 9.73. The van der Waals surface area contributed by atoms with Crippen LogP contribution in [0.15, 0.2) is 0 Å². The zero-order valence-corrected chi connectivity index (χ0v) is 8.68. The smallest absolute Gasteiger partial charge is 0.0607 e. The molecule has 1 saturated heterocycles. The molecule has 3 heteroatoms. The van der Waals surface area contributed by atoms with E-state index in [0.29, 0.717) is 6.10 Å². The minimum absolute atomic E-state index is 0.154. The van der Waals surface area contributed by atoms with E-state index in [2.05, 4.69) is 5.32 Å². The first-order valence-electron chi connectivity index (χ1n) is 5.11. The van der Waals surface area contributed by atoms with E-state index in [9.17, 15) is 0 Å². The van der Waals surface area contributed by atoms with Gasteiger partial charge in [0.05, 0.1) is 12.7 Å². The highest BCUT2D eigenvalue weighted by molar-refractivity contribution is 4.77. The molecule has 1 atom stereocenters. The van der Waals surface area contributed by atoms with E-state index in [1.54, 1.807) is 0 Å². The Hall–Kier alpha value is -0.120. The molecule has 1 aliphatic rings. The average Bonchev–Trinajstić information content (AvgIpc) is 2.57. The molecule has 0 bridgehead atoms. The lowest BCUT2D eigenvalue weighted by Crippen LogP contribution is -2.43. The van der Waals surface area contributed by atoms with Crippen LogP contribution in [0.5, 0.6) is 0 Å². The van der Waals surface area contributed by atoms with Crippen LogP contribution in [0.1, 0.15) is 33.1 Å². The molecule has 0 aromatic carbocycles. The molecule has 13 heavy (non-hydrogen) atoms. The second-order valence-electron chi connectivity index (χ2n) is 4.39. The van der Waals surface area contributed by atoms with Crippen molar-refractivity contribution in [2.24, 2.45) is 0 Å². The van der Waals surface area contributed by atoms with Gasteiger partial charge in [0.25, 0.3) is 0 Å². The molecule has 0 aromatic rings. The molecule has 0 aromatic heterocycles. The van der Waals surface area contributed by atoms with Crippen LogP contribution in [-0.4, -0.2) is 36.5 Å². The quantitative estimate of drug-likeness (QED) is 0.672. The molecule has 1 aliphatic heterocycles. The summed E-state index contributed by atoms with van der Waals surface area (Å²) in [6.45, 7) is 6.04. The van der Waals surface area contributed by atoms with Gasteiger partial charge in [-0.2, -0.15) is 0 Å². The van der Waals surface area contributed by atoms with Crippen molar-refractivity contribution < 1.29 is 9.84 Å². The van der Waals surface area contributed by atoms with Crippen molar-refractivity contribution in [3.63, 3.8) is 0 Å². The van der Waals surface area contributed by atoms with Gasteiger partial charge in [-0.25, -0.2) is 0 Å². The molecule has 78 valence electrons. The first-order chi connectivity index (χ1) is 6.14. The third-order valence-corrected chi connectivity index (χ3v) is 2.49. The van der Waals surface area contributed by atoms with Crippen molar-refractivity contribution in [2.45, 2.75) is 44.8 Å². The van der Waals surface area contributed by atoms with Gasteiger partial charge in [-0.1, -0.05) is 0 Å². The Bertz CT molecular complexity index is 142. The van der Waals surface area contributed by atoms with Crippen LogP contribution >= 0.6 is 0 Å². The fourth-order valence-corrected chi connectivity index (χ4v) is 1.50. The lowest BCUT2D eigenvalue weighted by molar-refractivity contribution is 0.0994. The van der Waals surface area contributed by atoms with Crippen molar-refractivity contribution >= 4 is 0 Å². The number of hydrogen-bond donors (Lipinski definition) is 2. The van der Waals surface area contributed by atoms with E-state index in [1.165, 1.54) is 12.8 Å². The first kappa shape index (κ1) is 11.0. The zero-order valence-electron chi connectivity index (χ0n) is 8.68. The van der Waals surface area contributed by atoms with E-state index in [1.807, 2.05) is 13.8 Å². The van der Waals surface area contributed by atoms with E-state index >= 15 is 0 Å². The van der Waals surface area contributed by atoms with Gasteiger partial charge >= 0.3 is 0 Å². The number of aliphatic hydroxyl groups is 1. The predicted molar refractivity (Wildman–Crippen MR) is 52.8 cm³/mol. The van der Waals surface area contributed by atoms with Crippen molar-refractivity contribution in [3.05, 3.63) is 0 Å². The second kappa shape index (κ2) is 4.94. The summed E-state index contributed by atoms with van der Waals surface area (Å²) in [7, 11) is 0. The predicted octanol–water partition coefficient (Wildman–Crippen LogP) is 0.916. The Kier molecular flexibility index (Phi) is 4.16. The number of nitrogens with one attached hydrogen (secondary N) is 1. The standard InChI is InChI=1S/C10H21NO2/c1-10(2,8-12)11-6-5-9-4-3-7-13-9/h9,11-12H,3-8H2,1-2H3. The maximum Gasteiger partial charge on any atom is 0.0607 e. The number of rotatable bonds is 5. The van der Waals surface area contributed by atoms with Gasteiger partial charge in [0.15, 0.2) is 0 Å². The Morgan fingerprint density at radius 3 is 2.85 bits per heavy atom. The molecule has 1 fully saturated rings. The Morgan fingerprint density at radius 1 is 1.54 bits per heavy atom. The Labute approximate surface area is 80.5 Å². The molecule has 1 rings (SSSR count). The monoisotopic (exact) mass is 187 g/mol. The average molecular weight is 187 g/mol. The van der Waals surface area contributed by atoms with Crippen LogP contribution in [0.25, 0.3) is 0 Å². The summed E-state index contributed by atoms with van der Waals surface area (Å²) < 4.78 is 5.50. The molecule has 0 spiro atoms. The van der Waals surface area contributed by atoms with Crippen molar-refractivity contribution in [3.8, 4) is 0 Å². The summed E-state index contributed by atoms with van der Waals surface area (Å²) >= 11 is 0. The maximum absolute atomic E-state index is 8.99. The minimum atomic E-state index is -0.154. The molecule has 0 radical (unpaired) electrons. The minimum Gasteiger partial charge on any atom is -0.394 e. The lowest BCUT2D eigenvalue weighted by Gasteiger charge is -2.24. The summed E-state index contributed by atoms with van der Waals surface area (Å²) in [5.74, 6) is 0. The first-order valence-corrected chi connectivity index (χ1v) is 5.11. The highest BCUT2D eigenvalue weighted by atomic mass is 16.5. The lowest BCUT2D eigenvalue weighted by atomic mass is 10.1. The fourth-order valence-electron chi connectivity index (χ4n) is 1.50. The third-order valence-electron chi connectivity index (χ3n) is 2.49. The molecule has 0 saturated carbocycles. The molecule has 1 unspecified atom stereocenters. The topological polar surface area (TPSA) is 41.5 Å². The van der Waals surface area contributed by atoms with Crippen molar-refractivity contribution in [1.29, 1.82) is 0 Å². The maximum atomic E-state index is 8.99. The van der Waals surface area contributed by atoms with Gasteiger partial charge < -0.3 is 15.2 Å². The number of ether oxygens (including phenoxy) is 1. The van der Waals surface area contributed by atoms with Crippen LogP contribution < -0.4 is 5.32 Å². The third kappa shape index (κ3) is 4.07. The van der Waals surface area contributed by atoms with E-state index in [4.69, 9.17) is 9.84 Å². The SMILES string of the molecule is CC(C)(CO)NCCC1CCCO1. The van der Waals surface area contributed by atoms with Crippen molar-refractivity contribution in [2.75, 3.05) is 19.8 Å². The summed E-state index contributed by atoms with van der Waals surface area (Å²) in [5.41, 5.74) is -0.154. The van der Waals surface area contributed by atoms with Gasteiger partial charge in [-0.3, -0.25) is 0 Å². The van der Waals surface area contributed by atoms with Gasteiger partial charge in [-0.15, -0.1) is 0 Å². The van der Waals surface area contributed by atoms with Gasteiger partial charge in [-0.05, 0) is 39.7 Å². The van der Waals surface area contributed by atoms with Gasteiger partial charge in [0, 0.05) is 12.1 Å². The van der Waals surface area contributed by atoms with Gasteiger partial charge in [0.1, 0.15) is 0 Å². The summed E-state index contributed by atoms with van der Waals surface area (Å²) in [4.78, 5) is 0. The summed E-state index contributed by atoms with van der Waals surface area (Å²) in [6, 6.07) is 0. The molecule has 1 heterocycles. The molecule has 3 nitrogen and oxygen atoms in total. The Balaban J connectivity index is 2.06. The fraction of sp³-hybridized carbons (Fsp3) is 1.00. The molecule has 0 aliphatic carbocycles. The second-order valence-corrected chi connectivity index (χ2v) is 4.39. The van der Waals surface area contributed by atoms with E-state index in [0.717, 1.165) is 19.6 Å². The van der Waals surface area contributed by atoms with Gasteiger partial charge in [0.2, 0.25) is 0 Å². The molecule has 0 amide bonds. The van der Waals surface area contributed by atoms with Crippen molar-refractivity contribution in [1.82, 2.24) is 5.32 Å². The molecular weight excluding hydrogens is 166 g/mol. The van der Waals surface area contributed by atoms with Crippen LogP contribution in [0.2, 0.25) is 0 Å². The van der Waals surface area contributed by atoms with Crippen LogP contribution in [0.3, 0.4) is 0 Å². The Morgan fingerprint density at radius 2 is 2.31 bits per heavy atom. The number of aliphatic hydroxyl groups excluding tert-OH is 1. The molecular formula is C10H21NO2. The number of hydrogen-bond acceptors (Lipinski definition) is 3. The summed E-state index contributed by atoms with van der Waals surface area (Å²) in [6.07, 6.45) is 3.90. The largest absolute Gasteiger partial charge is 0.394 e. The van der Waals surface area contributed by atoms with Crippen LogP contribution in [0, 0.1) is 0 Å². The highest BCUT2D eigenvalue weighted by Gasteiger charge is 2.18. The van der Waals surface area contributed by atoms with E-state index in [-0.39, 0.29) is 12.1 Å². The van der Waals surface area contributed by atoms with E-state index < -0.39 is 0 Å². The molecule has 2 N–H and O–H groups in total.